The Kier molecular flexibility index (Phi) is 27.2. The van der Waals surface area contributed by atoms with Gasteiger partial charge in [0.1, 0.15) is 0 Å². The number of amides is 1. The number of aliphatic hydroxyl groups excluding tert-OH is 2. The summed E-state index contributed by atoms with van der Waals surface area (Å²) in [6.07, 6.45) is 39.0. The fraction of sp³-hybridized carbons (Fsp3) is 0.667. The van der Waals surface area contributed by atoms with Gasteiger partial charge in [-0.05, 0) is 51.4 Å². The molecule has 2 unspecified atom stereocenters. The molecule has 0 fully saturated rings. The summed E-state index contributed by atoms with van der Waals surface area (Å²) >= 11 is 0. The van der Waals surface area contributed by atoms with Crippen molar-refractivity contribution in [2.45, 2.75) is 135 Å². The molecule has 212 valence electrons. The monoisotopic (exact) mass is 515 g/mol. The Balaban J connectivity index is 3.58. The normalized spacial score (nSPS) is 14.2. The Morgan fingerprint density at radius 1 is 0.676 bits per heavy atom. The number of nitrogens with one attached hydrogen (secondary N) is 1. The average molecular weight is 516 g/mol. The molecule has 0 aliphatic heterocycles. The Labute approximate surface area is 228 Å². The second-order valence-electron chi connectivity index (χ2n) is 9.79. The molecule has 0 aromatic carbocycles. The molecule has 0 aliphatic rings. The first-order valence-electron chi connectivity index (χ1n) is 15.0. The summed E-state index contributed by atoms with van der Waals surface area (Å²) in [5.41, 5.74) is 0. The largest absolute Gasteiger partial charge is 0.394 e. The fourth-order valence-corrected chi connectivity index (χ4v) is 3.92. The molecule has 0 rings (SSSR count). The van der Waals surface area contributed by atoms with Gasteiger partial charge < -0.3 is 15.5 Å². The summed E-state index contributed by atoms with van der Waals surface area (Å²) in [6.45, 7) is 4.02. The van der Waals surface area contributed by atoms with Crippen molar-refractivity contribution in [3.63, 3.8) is 0 Å². The van der Waals surface area contributed by atoms with E-state index in [1.165, 1.54) is 38.5 Å². The van der Waals surface area contributed by atoms with Crippen molar-refractivity contribution in [1.82, 2.24) is 5.32 Å². The Bertz CT molecular complexity index is 648. The zero-order chi connectivity index (χ0) is 27.2. The van der Waals surface area contributed by atoms with E-state index < -0.39 is 12.1 Å². The van der Waals surface area contributed by atoms with Crippen molar-refractivity contribution < 1.29 is 15.0 Å². The second kappa shape index (κ2) is 28.7. The lowest BCUT2D eigenvalue weighted by atomic mass is 10.1. The SMILES string of the molecule is CC/C=C\C/C=C\C/C=C\C/C=C\CCCCCCCCCCC(=O)NC(CO)C(O)/C=C/CCCC. The summed E-state index contributed by atoms with van der Waals surface area (Å²) in [7, 11) is 0. The van der Waals surface area contributed by atoms with Gasteiger partial charge in [-0.1, -0.05) is 126 Å². The van der Waals surface area contributed by atoms with Gasteiger partial charge in [0.25, 0.3) is 0 Å². The van der Waals surface area contributed by atoms with Crippen molar-refractivity contribution in [3.8, 4) is 0 Å². The van der Waals surface area contributed by atoms with Gasteiger partial charge in [-0.25, -0.2) is 0 Å². The highest BCUT2D eigenvalue weighted by molar-refractivity contribution is 5.76. The quantitative estimate of drug-likeness (QED) is 0.0846. The molecule has 4 nitrogen and oxygen atoms in total. The summed E-state index contributed by atoms with van der Waals surface area (Å²) < 4.78 is 0. The third-order valence-electron chi connectivity index (χ3n) is 6.26. The Morgan fingerprint density at radius 2 is 1.19 bits per heavy atom. The van der Waals surface area contributed by atoms with E-state index >= 15 is 0 Å². The summed E-state index contributed by atoms with van der Waals surface area (Å²) in [5, 5.41) is 22.4. The fourth-order valence-electron chi connectivity index (χ4n) is 3.92. The van der Waals surface area contributed by atoms with Crippen LogP contribution in [0, 0.1) is 0 Å². The minimum Gasteiger partial charge on any atom is -0.394 e. The number of hydrogen-bond donors (Lipinski definition) is 3. The second-order valence-corrected chi connectivity index (χ2v) is 9.79. The van der Waals surface area contributed by atoms with E-state index in [4.69, 9.17) is 0 Å². The standard InChI is InChI=1S/C33H57NO3/c1-3-5-7-9-10-11-12-13-14-15-16-17-18-19-20-21-22-23-24-25-27-29-33(37)34-31(30-35)32(36)28-26-8-6-4-2/h5,7,10-11,13-14,16-17,26,28,31-32,35-36H,3-4,6,8-9,12,15,18-25,27,29-30H2,1-2H3,(H,34,37)/b7-5-,11-10-,14-13-,17-16-,28-26+. The van der Waals surface area contributed by atoms with Crippen LogP contribution in [0.25, 0.3) is 0 Å². The third-order valence-corrected chi connectivity index (χ3v) is 6.26. The van der Waals surface area contributed by atoms with Gasteiger partial charge in [-0.2, -0.15) is 0 Å². The lowest BCUT2D eigenvalue weighted by Gasteiger charge is -2.19. The van der Waals surface area contributed by atoms with Gasteiger partial charge in [0, 0.05) is 6.42 Å². The van der Waals surface area contributed by atoms with Crippen molar-refractivity contribution in [3.05, 3.63) is 60.8 Å². The maximum Gasteiger partial charge on any atom is 0.220 e. The number of hydrogen-bond acceptors (Lipinski definition) is 3. The first-order valence-corrected chi connectivity index (χ1v) is 15.0. The highest BCUT2D eigenvalue weighted by Gasteiger charge is 2.17. The zero-order valence-electron chi connectivity index (χ0n) is 24.0. The number of allylic oxidation sites excluding steroid dienone is 9. The maximum absolute atomic E-state index is 12.1. The maximum atomic E-state index is 12.1. The number of carbonyl (C=O) groups excluding carboxylic acids is 1. The molecule has 0 aromatic heterocycles. The van der Waals surface area contributed by atoms with Crippen LogP contribution in [0.3, 0.4) is 0 Å². The van der Waals surface area contributed by atoms with Gasteiger partial charge in [0.2, 0.25) is 5.91 Å². The van der Waals surface area contributed by atoms with Gasteiger partial charge in [-0.15, -0.1) is 0 Å². The van der Waals surface area contributed by atoms with Crippen LogP contribution in [0.1, 0.15) is 123 Å². The lowest BCUT2D eigenvalue weighted by molar-refractivity contribution is -0.123. The molecule has 1 amide bonds. The van der Waals surface area contributed by atoms with Crippen LogP contribution in [0.4, 0.5) is 0 Å². The van der Waals surface area contributed by atoms with Crippen molar-refractivity contribution >= 4 is 5.91 Å². The van der Waals surface area contributed by atoms with Crippen LogP contribution in [-0.4, -0.2) is 34.9 Å². The molecule has 0 saturated carbocycles. The van der Waals surface area contributed by atoms with Crippen LogP contribution in [-0.2, 0) is 4.79 Å². The molecule has 2 atom stereocenters. The summed E-state index contributed by atoms with van der Waals surface area (Å²) in [6, 6.07) is -0.623. The van der Waals surface area contributed by atoms with E-state index in [0.717, 1.165) is 64.2 Å². The molecule has 4 heteroatoms. The highest BCUT2D eigenvalue weighted by atomic mass is 16.3. The van der Waals surface area contributed by atoms with E-state index in [-0.39, 0.29) is 12.5 Å². The van der Waals surface area contributed by atoms with Gasteiger partial charge in [0.05, 0.1) is 18.8 Å². The van der Waals surface area contributed by atoms with Crippen LogP contribution < -0.4 is 5.32 Å². The topological polar surface area (TPSA) is 69.6 Å². The number of unbranched alkanes of at least 4 members (excludes halogenated alkanes) is 10. The number of carbonyl (C=O) groups is 1. The van der Waals surface area contributed by atoms with Crippen LogP contribution in [0.2, 0.25) is 0 Å². The molecule has 0 aliphatic carbocycles. The zero-order valence-corrected chi connectivity index (χ0v) is 24.0. The molecule has 3 N–H and O–H groups in total. The van der Waals surface area contributed by atoms with E-state index in [2.05, 4.69) is 67.8 Å². The van der Waals surface area contributed by atoms with E-state index in [0.29, 0.717) is 6.42 Å². The number of aliphatic hydroxyl groups is 2. The Morgan fingerprint density at radius 3 is 1.76 bits per heavy atom. The van der Waals surface area contributed by atoms with Gasteiger partial charge in [0.15, 0.2) is 0 Å². The highest BCUT2D eigenvalue weighted by Crippen LogP contribution is 2.11. The molecule has 0 heterocycles. The minimum atomic E-state index is -0.839. The van der Waals surface area contributed by atoms with Crippen molar-refractivity contribution in [2.75, 3.05) is 6.61 Å². The summed E-state index contributed by atoms with van der Waals surface area (Å²) in [5.74, 6) is -0.0871. The van der Waals surface area contributed by atoms with Crippen LogP contribution >= 0.6 is 0 Å². The predicted octanol–water partition coefficient (Wildman–Crippen LogP) is 8.28. The van der Waals surface area contributed by atoms with Crippen LogP contribution in [0.5, 0.6) is 0 Å². The average Bonchev–Trinajstić information content (AvgIpc) is 2.90. The molecule has 0 spiro atoms. The molecular weight excluding hydrogens is 458 g/mol. The first kappa shape index (κ1) is 35.1. The molecular formula is C33H57NO3. The Hall–Kier alpha value is -1.91. The number of rotatable bonds is 25. The first-order chi connectivity index (χ1) is 18.2. The molecule has 0 bridgehead atoms. The minimum absolute atomic E-state index is 0.0871. The predicted molar refractivity (Wildman–Crippen MR) is 161 cm³/mol. The molecule has 0 saturated heterocycles. The van der Waals surface area contributed by atoms with Crippen molar-refractivity contribution in [1.29, 1.82) is 0 Å². The van der Waals surface area contributed by atoms with Crippen molar-refractivity contribution in [2.24, 2.45) is 0 Å². The summed E-state index contributed by atoms with van der Waals surface area (Å²) in [4.78, 5) is 12.1. The molecule has 37 heavy (non-hydrogen) atoms. The van der Waals surface area contributed by atoms with Gasteiger partial charge >= 0.3 is 0 Å². The van der Waals surface area contributed by atoms with Gasteiger partial charge in [-0.3, -0.25) is 4.79 Å². The van der Waals surface area contributed by atoms with E-state index in [1.807, 2.05) is 6.08 Å². The lowest BCUT2D eigenvalue weighted by Crippen LogP contribution is -2.45. The van der Waals surface area contributed by atoms with E-state index in [1.54, 1.807) is 6.08 Å². The van der Waals surface area contributed by atoms with E-state index in [9.17, 15) is 15.0 Å². The third kappa shape index (κ3) is 25.5. The van der Waals surface area contributed by atoms with Crippen LogP contribution in [0.15, 0.2) is 60.8 Å². The molecule has 0 radical (unpaired) electrons. The smallest absolute Gasteiger partial charge is 0.220 e. The molecule has 0 aromatic rings.